The SMILES string of the molecule is CC.CC.CC.CC.CC.CC.CC.CC.CC.CC.CC.CC.CC.CC.CC(C)(C)N1C2CCCC1CC2.CC(C)(C)N1CC2CC(C2)C1.CC(C)(C)N1CC2CCC(C2)C1.CC(C)(C)N1CC2CCC1C2.CC(C)(C)N1CC2CCC1C2.CC(C)(C)N1CC2CCC1CC2.CC(C)N1CC2CCC1CC2. The van der Waals surface area contributed by atoms with Gasteiger partial charge in [0.25, 0.3) is 0 Å². The zero-order valence-corrected chi connectivity index (χ0v) is 85.4. The lowest BCUT2D eigenvalue weighted by molar-refractivity contribution is -0.0225. The number of hydrogen-bond donors (Lipinski definition) is 0. The molecule has 0 aromatic carbocycles. The molecule has 7 heteroatoms. The minimum atomic E-state index is 0.404. The first kappa shape index (κ1) is 121. The van der Waals surface area contributed by atoms with E-state index in [1.807, 2.05) is 194 Å². The minimum Gasteiger partial charge on any atom is -0.298 e. The molecule has 6 aliphatic carbocycles. The van der Waals surface area contributed by atoms with Crippen molar-refractivity contribution in [3.05, 3.63) is 0 Å². The smallest absolute Gasteiger partial charge is 0.0130 e. The molecular weight excluding hydrogens is 1310 g/mol. The van der Waals surface area contributed by atoms with E-state index in [1.54, 1.807) is 0 Å². The summed E-state index contributed by atoms with van der Waals surface area (Å²) in [6.07, 6.45) is 35.6. The minimum absolute atomic E-state index is 0.404. The third kappa shape index (κ3) is 44.3. The standard InChI is InChI=1S/3C11H21N.4C10H19N.14C2H6/c1-11(2,3)12-8-9-4-6-10(12)7-5-9;1-11(2,3)12-7-9-4-5-10(6-9)8-12;1-11(2,3)12-9-5-4-6-10(12)8-7-9;1-10(2,3)11-6-8-4-9(5-8)7-11;2*1-10(2,3)11-7-8-4-5-9(11)6-8;1-8(2)11-7-9-3-5-10(11)6-4-9;14*1-2/h3*9-10H,4-8H2,1-3H3;3*8-9H,4-7H2,1-3H3;8-10H,3-7H2,1-2H3;14*1-2H3. The first-order valence-electron chi connectivity index (χ1n) is 49.5. The van der Waals surface area contributed by atoms with Crippen LogP contribution in [0.2, 0.25) is 0 Å². The molecule has 0 spiro atoms. The summed E-state index contributed by atoms with van der Waals surface area (Å²) in [7, 11) is 0. The highest BCUT2D eigenvalue weighted by atomic mass is 15.3. The van der Waals surface area contributed by atoms with Gasteiger partial charge in [0.05, 0.1) is 0 Å². The Labute approximate surface area is 692 Å². The Hall–Kier alpha value is -0.280. The van der Waals surface area contributed by atoms with Gasteiger partial charge in [0.1, 0.15) is 0 Å². The lowest BCUT2D eigenvalue weighted by Gasteiger charge is -2.52. The summed E-state index contributed by atoms with van der Waals surface area (Å²) in [5.41, 5.74) is 2.47. The van der Waals surface area contributed by atoms with Gasteiger partial charge in [-0.25, -0.2) is 0 Å². The average Bonchev–Trinajstić information content (AvgIpc) is 1.46. The first-order valence-corrected chi connectivity index (χ1v) is 49.5. The fourth-order valence-electron chi connectivity index (χ4n) is 19.5. The summed E-state index contributed by atoms with van der Waals surface area (Å²) in [5.74, 6) is 8.31. The molecule has 0 radical (unpaired) electrons. The van der Waals surface area contributed by atoms with E-state index < -0.39 is 0 Å². The highest BCUT2D eigenvalue weighted by molar-refractivity contribution is 5.01. The van der Waals surface area contributed by atoms with E-state index in [4.69, 9.17) is 0 Å². The van der Waals surface area contributed by atoms with Crippen molar-refractivity contribution in [1.29, 1.82) is 0 Å². The van der Waals surface area contributed by atoms with Crippen molar-refractivity contribution in [2.24, 2.45) is 47.3 Å². The van der Waals surface area contributed by atoms with Crippen molar-refractivity contribution >= 4 is 0 Å². The zero-order valence-electron chi connectivity index (χ0n) is 85.4. The van der Waals surface area contributed by atoms with Gasteiger partial charge in [-0.1, -0.05) is 200 Å². The number of piperidine rings is 10. The second-order valence-corrected chi connectivity index (χ2v) is 36.6. The lowest BCUT2D eigenvalue weighted by atomic mass is 9.70. The van der Waals surface area contributed by atoms with Crippen molar-refractivity contribution in [1.82, 2.24) is 34.3 Å². The molecule has 17 aliphatic rings. The fourth-order valence-corrected chi connectivity index (χ4v) is 19.5. The van der Waals surface area contributed by atoms with Crippen molar-refractivity contribution in [3.63, 3.8) is 0 Å². The number of hydrogen-bond acceptors (Lipinski definition) is 7. The van der Waals surface area contributed by atoms with Gasteiger partial charge in [0.2, 0.25) is 0 Å². The Bertz CT molecular complexity index is 1770. The Balaban J connectivity index is -0.000000209. The van der Waals surface area contributed by atoms with Crippen LogP contribution in [0.3, 0.4) is 0 Å². The first-order chi connectivity index (χ1) is 51.2. The Morgan fingerprint density at radius 1 is 0.194 bits per heavy atom. The van der Waals surface area contributed by atoms with Crippen molar-refractivity contribution in [2.45, 2.75) is 562 Å². The summed E-state index contributed by atoms with van der Waals surface area (Å²) in [6.45, 7) is 114. The molecular formula is C101H223N7. The Morgan fingerprint density at radius 3 is 0.593 bits per heavy atom. The molecule has 11 heterocycles. The largest absolute Gasteiger partial charge is 0.298 e. The van der Waals surface area contributed by atoms with Crippen LogP contribution in [0.1, 0.15) is 486 Å². The molecule has 0 amide bonds. The van der Waals surface area contributed by atoms with Gasteiger partial charge < -0.3 is 0 Å². The Kier molecular flexibility index (Phi) is 74.7. The van der Waals surface area contributed by atoms with E-state index in [9.17, 15) is 0 Å². The maximum atomic E-state index is 2.77. The van der Waals surface area contributed by atoms with Gasteiger partial charge in [-0.05, 0) is 333 Å². The lowest BCUT2D eigenvalue weighted by Crippen LogP contribution is -2.56. The molecule has 6 saturated carbocycles. The van der Waals surface area contributed by atoms with Crippen LogP contribution in [0, 0.1) is 47.3 Å². The summed E-state index contributed by atoms with van der Waals surface area (Å²) in [6, 6.07) is 6.34. The van der Waals surface area contributed by atoms with E-state index in [1.165, 1.54) is 206 Å². The molecule has 17 fully saturated rings. The van der Waals surface area contributed by atoms with Crippen LogP contribution in [0.25, 0.3) is 0 Å². The van der Waals surface area contributed by atoms with Crippen molar-refractivity contribution in [3.8, 4) is 0 Å². The van der Waals surface area contributed by atoms with E-state index in [0.29, 0.717) is 33.2 Å². The maximum absolute atomic E-state index is 2.77. The van der Waals surface area contributed by atoms with Gasteiger partial charge in [0, 0.05) is 128 Å². The second kappa shape index (κ2) is 66.7. The third-order valence-corrected chi connectivity index (χ3v) is 23.8. The molecule has 14 bridgehead atoms. The zero-order chi connectivity index (χ0) is 86.3. The van der Waals surface area contributed by atoms with Crippen LogP contribution in [0.4, 0.5) is 0 Å². The summed E-state index contributed by atoms with van der Waals surface area (Å²) < 4.78 is 0. The Morgan fingerprint density at radius 2 is 0.417 bits per heavy atom. The van der Waals surface area contributed by atoms with Crippen LogP contribution in [-0.4, -0.2) is 162 Å². The molecule has 662 valence electrons. The van der Waals surface area contributed by atoms with Crippen molar-refractivity contribution in [2.75, 3.05) is 52.4 Å². The number of rotatable bonds is 1. The van der Waals surface area contributed by atoms with Gasteiger partial charge in [0.15, 0.2) is 0 Å². The molecule has 11 aliphatic heterocycles. The van der Waals surface area contributed by atoms with Crippen LogP contribution in [0.15, 0.2) is 0 Å². The average molecular weight is 1540 g/mol. The number of likely N-dealkylation sites (tertiary alicyclic amines) is 3. The molecule has 8 unspecified atom stereocenters. The van der Waals surface area contributed by atoms with Crippen LogP contribution in [0.5, 0.6) is 0 Å². The molecule has 8 atom stereocenters. The predicted molar refractivity (Wildman–Crippen MR) is 506 cm³/mol. The van der Waals surface area contributed by atoms with Gasteiger partial charge in [-0.3, -0.25) is 34.3 Å². The molecule has 7 nitrogen and oxygen atoms in total. The molecule has 11 saturated heterocycles. The quantitative estimate of drug-likeness (QED) is 0.258. The highest BCUT2D eigenvalue weighted by Crippen LogP contribution is 2.45. The topological polar surface area (TPSA) is 22.7 Å². The van der Waals surface area contributed by atoms with E-state index in [-0.39, 0.29) is 0 Å². The van der Waals surface area contributed by atoms with Crippen LogP contribution in [-0.2, 0) is 0 Å². The van der Waals surface area contributed by atoms with Gasteiger partial charge in [-0.2, -0.15) is 0 Å². The van der Waals surface area contributed by atoms with Gasteiger partial charge >= 0.3 is 0 Å². The third-order valence-electron chi connectivity index (χ3n) is 23.8. The summed E-state index contributed by atoms with van der Waals surface area (Å²) in [4.78, 5) is 18.9. The fraction of sp³-hybridized carbons (Fsp3) is 1.00. The molecule has 0 aromatic heterocycles. The van der Waals surface area contributed by atoms with Gasteiger partial charge in [-0.15, -0.1) is 0 Å². The van der Waals surface area contributed by atoms with Crippen molar-refractivity contribution < 1.29 is 0 Å². The number of fused-ring (bicyclic) bond motifs is 16. The second-order valence-electron chi connectivity index (χ2n) is 36.6. The highest BCUT2D eigenvalue weighted by Gasteiger charge is 2.46. The normalized spacial score (nSPS) is 28.9. The molecule has 0 aromatic rings. The van der Waals surface area contributed by atoms with Crippen LogP contribution < -0.4 is 0 Å². The molecule has 17 rings (SSSR count). The molecule has 0 N–H and O–H groups in total. The monoisotopic (exact) mass is 1530 g/mol. The summed E-state index contributed by atoms with van der Waals surface area (Å²) in [5, 5.41) is 0. The van der Waals surface area contributed by atoms with Crippen LogP contribution >= 0.6 is 0 Å². The van der Waals surface area contributed by atoms with E-state index >= 15 is 0 Å². The molecule has 108 heavy (non-hydrogen) atoms. The summed E-state index contributed by atoms with van der Waals surface area (Å²) >= 11 is 0. The van der Waals surface area contributed by atoms with E-state index in [0.717, 1.165) is 89.6 Å². The van der Waals surface area contributed by atoms with E-state index in [2.05, 4.69) is 173 Å². The number of nitrogens with zero attached hydrogens (tertiary/aromatic N) is 7. The predicted octanol–water partition coefficient (Wildman–Crippen LogP) is 31.3. The maximum Gasteiger partial charge on any atom is 0.0130 e.